The molecule has 172 valence electrons. The van der Waals surface area contributed by atoms with Crippen LogP contribution in [0.5, 0.6) is 5.75 Å². The molecule has 0 N–H and O–H groups in total. The van der Waals surface area contributed by atoms with Crippen LogP contribution >= 0.6 is 0 Å². The fourth-order valence-corrected chi connectivity index (χ4v) is 4.20. The molecule has 4 aromatic rings. The number of carbonyl (C=O) groups is 1. The van der Waals surface area contributed by atoms with Gasteiger partial charge in [0.05, 0.1) is 11.6 Å². The average Bonchev–Trinajstić information content (AvgIpc) is 3.27. The molecule has 0 aliphatic carbocycles. The second kappa shape index (κ2) is 10.3. The Bertz CT molecular complexity index is 1330. The van der Waals surface area contributed by atoms with E-state index in [1.165, 1.54) is 11.1 Å². The predicted molar refractivity (Wildman–Crippen MR) is 136 cm³/mol. The number of benzene rings is 3. The number of aromatic nitrogens is 1. The molecule has 0 bridgehead atoms. The first-order chi connectivity index (χ1) is 16.6. The Morgan fingerprint density at radius 3 is 2.21 bits per heavy atom. The standard InChI is InChI=1S/C29H29N3O2/c1-4-21-7-9-23(10-8-21)20-32-18-17-25-26(32)15-16-27(34-29(33)31(5-2)6-3)28(25)24-13-11-22(19-30)12-14-24/h7-18H,4-6,20H2,1-3H3. The summed E-state index contributed by atoms with van der Waals surface area (Å²) in [5, 5.41) is 10.2. The lowest BCUT2D eigenvalue weighted by molar-refractivity contribution is 0.157. The molecule has 0 aliphatic rings. The van der Waals surface area contributed by atoms with E-state index in [1.54, 1.807) is 17.0 Å². The maximum Gasteiger partial charge on any atom is 0.415 e. The van der Waals surface area contributed by atoms with Crippen LogP contribution in [0.3, 0.4) is 0 Å². The zero-order valence-electron chi connectivity index (χ0n) is 19.9. The Hall–Kier alpha value is -4.04. The number of ether oxygens (including phenoxy) is 1. The van der Waals surface area contributed by atoms with Gasteiger partial charge < -0.3 is 14.2 Å². The Morgan fingerprint density at radius 1 is 0.912 bits per heavy atom. The Kier molecular flexibility index (Phi) is 6.98. The summed E-state index contributed by atoms with van der Waals surface area (Å²) in [5.41, 5.74) is 5.95. The van der Waals surface area contributed by atoms with Crippen molar-refractivity contribution < 1.29 is 9.53 Å². The number of nitrogens with zero attached hydrogens (tertiary/aromatic N) is 3. The minimum atomic E-state index is -0.366. The molecular formula is C29H29N3O2. The van der Waals surface area contributed by atoms with E-state index in [-0.39, 0.29) is 6.09 Å². The third-order valence-electron chi connectivity index (χ3n) is 6.22. The largest absolute Gasteiger partial charge is 0.415 e. The zero-order chi connectivity index (χ0) is 24.1. The highest BCUT2D eigenvalue weighted by atomic mass is 16.6. The maximum atomic E-state index is 12.7. The van der Waals surface area contributed by atoms with Crippen molar-refractivity contribution >= 4 is 17.0 Å². The summed E-state index contributed by atoms with van der Waals surface area (Å²) < 4.78 is 8.08. The third-order valence-corrected chi connectivity index (χ3v) is 6.22. The van der Waals surface area contributed by atoms with Gasteiger partial charge in [-0.15, -0.1) is 0 Å². The molecule has 0 aliphatic heterocycles. The lowest BCUT2D eigenvalue weighted by atomic mass is 9.99. The van der Waals surface area contributed by atoms with Crippen LogP contribution in [0.15, 0.2) is 72.9 Å². The number of fused-ring (bicyclic) bond motifs is 1. The quantitative estimate of drug-likeness (QED) is 0.317. The highest BCUT2D eigenvalue weighted by Crippen LogP contribution is 2.38. The van der Waals surface area contributed by atoms with E-state index < -0.39 is 0 Å². The third kappa shape index (κ3) is 4.67. The zero-order valence-corrected chi connectivity index (χ0v) is 19.9. The fourth-order valence-electron chi connectivity index (χ4n) is 4.20. The molecule has 34 heavy (non-hydrogen) atoms. The van der Waals surface area contributed by atoms with Crippen molar-refractivity contribution in [3.8, 4) is 22.9 Å². The molecule has 1 heterocycles. The molecule has 3 aromatic carbocycles. The molecular weight excluding hydrogens is 422 g/mol. The van der Waals surface area contributed by atoms with Gasteiger partial charge in [-0.1, -0.05) is 43.3 Å². The monoisotopic (exact) mass is 451 g/mol. The van der Waals surface area contributed by atoms with E-state index in [2.05, 4.69) is 54.1 Å². The van der Waals surface area contributed by atoms with Crippen molar-refractivity contribution in [2.24, 2.45) is 0 Å². The minimum absolute atomic E-state index is 0.366. The van der Waals surface area contributed by atoms with Crippen LogP contribution in [-0.2, 0) is 13.0 Å². The molecule has 5 nitrogen and oxygen atoms in total. The second-order valence-corrected chi connectivity index (χ2v) is 8.21. The van der Waals surface area contributed by atoms with Crippen LogP contribution in [0, 0.1) is 11.3 Å². The van der Waals surface area contributed by atoms with Crippen LogP contribution in [0.4, 0.5) is 4.79 Å². The van der Waals surface area contributed by atoms with E-state index in [0.29, 0.717) is 24.4 Å². The first kappa shape index (κ1) is 23.1. The van der Waals surface area contributed by atoms with Crippen LogP contribution in [0.1, 0.15) is 37.5 Å². The van der Waals surface area contributed by atoms with E-state index in [0.717, 1.165) is 35.0 Å². The topological polar surface area (TPSA) is 58.3 Å². The van der Waals surface area contributed by atoms with Crippen molar-refractivity contribution in [1.82, 2.24) is 9.47 Å². The molecule has 0 unspecified atom stereocenters. The van der Waals surface area contributed by atoms with Crippen LogP contribution in [0.2, 0.25) is 0 Å². The molecule has 0 fully saturated rings. The van der Waals surface area contributed by atoms with Crippen molar-refractivity contribution in [2.75, 3.05) is 13.1 Å². The van der Waals surface area contributed by atoms with E-state index in [1.807, 2.05) is 38.1 Å². The van der Waals surface area contributed by atoms with Gasteiger partial charge in [0.2, 0.25) is 0 Å². The number of hydrogen-bond donors (Lipinski definition) is 0. The summed E-state index contributed by atoms with van der Waals surface area (Å²) in [4.78, 5) is 14.4. The van der Waals surface area contributed by atoms with Crippen molar-refractivity contribution in [3.63, 3.8) is 0 Å². The lowest BCUT2D eigenvalue weighted by Crippen LogP contribution is -2.33. The van der Waals surface area contributed by atoms with Gasteiger partial charge >= 0.3 is 6.09 Å². The maximum absolute atomic E-state index is 12.7. The number of aryl methyl sites for hydroxylation is 1. The van der Waals surface area contributed by atoms with Gasteiger partial charge in [-0.3, -0.25) is 0 Å². The fraction of sp³-hybridized carbons (Fsp3) is 0.241. The van der Waals surface area contributed by atoms with Gasteiger partial charge in [-0.05, 0) is 67.3 Å². The van der Waals surface area contributed by atoms with E-state index >= 15 is 0 Å². The Balaban J connectivity index is 1.78. The van der Waals surface area contributed by atoms with Gasteiger partial charge in [0.15, 0.2) is 0 Å². The molecule has 4 rings (SSSR count). The number of rotatable bonds is 7. The molecule has 1 amide bonds. The highest BCUT2D eigenvalue weighted by molar-refractivity contribution is 5.99. The number of carbonyl (C=O) groups excluding carboxylic acids is 1. The summed E-state index contributed by atoms with van der Waals surface area (Å²) in [6.45, 7) is 7.93. The first-order valence-corrected chi connectivity index (χ1v) is 11.7. The molecule has 0 spiro atoms. The van der Waals surface area contributed by atoms with E-state index in [4.69, 9.17) is 4.74 Å². The summed E-state index contributed by atoms with van der Waals surface area (Å²) in [6.07, 6.45) is 2.73. The van der Waals surface area contributed by atoms with Gasteiger partial charge in [0, 0.05) is 42.3 Å². The molecule has 0 saturated carbocycles. The smallest absolute Gasteiger partial charge is 0.410 e. The molecule has 0 atom stereocenters. The predicted octanol–water partition coefficient (Wildman–Crippen LogP) is 6.63. The molecule has 5 heteroatoms. The highest BCUT2D eigenvalue weighted by Gasteiger charge is 2.19. The minimum Gasteiger partial charge on any atom is -0.410 e. The molecule has 0 saturated heterocycles. The summed E-state index contributed by atoms with van der Waals surface area (Å²) in [6, 6.07) is 24.2. The lowest BCUT2D eigenvalue weighted by Gasteiger charge is -2.20. The van der Waals surface area contributed by atoms with Crippen molar-refractivity contribution in [2.45, 2.75) is 33.7 Å². The molecule has 1 aromatic heterocycles. The normalized spacial score (nSPS) is 10.8. The van der Waals surface area contributed by atoms with E-state index in [9.17, 15) is 10.1 Å². The van der Waals surface area contributed by atoms with Crippen molar-refractivity contribution in [1.29, 1.82) is 5.26 Å². The van der Waals surface area contributed by atoms with Crippen molar-refractivity contribution in [3.05, 3.63) is 89.6 Å². The summed E-state index contributed by atoms with van der Waals surface area (Å²) in [7, 11) is 0. The number of amides is 1. The summed E-state index contributed by atoms with van der Waals surface area (Å²) >= 11 is 0. The first-order valence-electron chi connectivity index (χ1n) is 11.7. The molecule has 0 radical (unpaired) electrons. The second-order valence-electron chi connectivity index (χ2n) is 8.21. The van der Waals surface area contributed by atoms with Crippen LogP contribution < -0.4 is 4.74 Å². The Morgan fingerprint density at radius 2 is 1.59 bits per heavy atom. The van der Waals surface area contributed by atoms with Gasteiger partial charge in [-0.2, -0.15) is 5.26 Å². The van der Waals surface area contributed by atoms with Gasteiger partial charge in [0.25, 0.3) is 0 Å². The van der Waals surface area contributed by atoms with Crippen LogP contribution in [0.25, 0.3) is 22.0 Å². The van der Waals surface area contributed by atoms with Gasteiger partial charge in [-0.25, -0.2) is 4.79 Å². The number of nitriles is 1. The average molecular weight is 452 g/mol. The summed E-state index contributed by atoms with van der Waals surface area (Å²) in [5.74, 6) is 0.513. The Labute approximate surface area is 200 Å². The van der Waals surface area contributed by atoms with Gasteiger partial charge in [0.1, 0.15) is 5.75 Å². The number of hydrogen-bond acceptors (Lipinski definition) is 3. The SMILES string of the molecule is CCc1ccc(Cn2ccc3c(-c4ccc(C#N)cc4)c(OC(=O)N(CC)CC)ccc32)cc1. The van der Waals surface area contributed by atoms with Crippen LogP contribution in [-0.4, -0.2) is 28.6 Å².